The first-order valence-corrected chi connectivity index (χ1v) is 10.1. The number of likely N-dealkylation sites (tertiary alicyclic amines) is 1. The molecular weight excluding hydrogens is 368 g/mol. The fraction of sp³-hybridized carbons (Fsp3) is 0.391. The molecule has 1 heterocycles. The van der Waals surface area contributed by atoms with Gasteiger partial charge in [0.2, 0.25) is 0 Å². The molecule has 0 aromatic heterocycles. The molecule has 29 heavy (non-hydrogen) atoms. The van der Waals surface area contributed by atoms with E-state index in [1.807, 2.05) is 17.0 Å². The van der Waals surface area contributed by atoms with Crippen molar-refractivity contribution in [1.82, 2.24) is 4.90 Å². The van der Waals surface area contributed by atoms with Crippen LogP contribution in [0.4, 0.5) is 5.69 Å². The summed E-state index contributed by atoms with van der Waals surface area (Å²) in [5.41, 5.74) is 1.57. The second-order valence-electron chi connectivity index (χ2n) is 7.07. The molecule has 0 spiro atoms. The number of hydrogen-bond donors (Lipinski definition) is 1. The van der Waals surface area contributed by atoms with E-state index in [0.29, 0.717) is 35.8 Å². The number of rotatable bonds is 7. The number of methoxy groups -OCH3 is 1. The Bertz CT molecular complexity index is 812. The molecule has 2 aromatic carbocycles. The van der Waals surface area contributed by atoms with Crippen molar-refractivity contribution < 1.29 is 19.1 Å². The summed E-state index contributed by atoms with van der Waals surface area (Å²) >= 11 is 0. The van der Waals surface area contributed by atoms with Crippen molar-refractivity contribution in [2.75, 3.05) is 38.7 Å². The topological polar surface area (TPSA) is 67.9 Å². The number of nitrogens with zero attached hydrogens (tertiary/aromatic N) is 1. The number of carbonyl (C=O) groups excluding carboxylic acids is 2. The van der Waals surface area contributed by atoms with Crippen LogP contribution in [0.15, 0.2) is 48.5 Å². The Balaban J connectivity index is 1.68. The Labute approximate surface area is 171 Å². The smallest absolute Gasteiger partial charge is 0.255 e. The van der Waals surface area contributed by atoms with Crippen LogP contribution in [0.5, 0.6) is 5.75 Å². The molecule has 1 saturated heterocycles. The Morgan fingerprint density at radius 3 is 2.31 bits per heavy atom. The summed E-state index contributed by atoms with van der Waals surface area (Å²) in [7, 11) is 1.62. The van der Waals surface area contributed by atoms with Crippen LogP contribution < -0.4 is 10.1 Å². The van der Waals surface area contributed by atoms with E-state index in [4.69, 9.17) is 9.47 Å². The monoisotopic (exact) mass is 396 g/mol. The molecule has 154 valence electrons. The highest BCUT2D eigenvalue weighted by molar-refractivity contribution is 6.09. The molecule has 3 rings (SSSR count). The Morgan fingerprint density at radius 1 is 0.931 bits per heavy atom. The first-order valence-electron chi connectivity index (χ1n) is 10.1. The molecule has 2 amide bonds. The van der Waals surface area contributed by atoms with Crippen LogP contribution in [0.3, 0.4) is 0 Å². The second-order valence-corrected chi connectivity index (χ2v) is 7.07. The van der Waals surface area contributed by atoms with Crippen LogP contribution in [0, 0.1) is 0 Å². The van der Waals surface area contributed by atoms with Crippen LogP contribution >= 0.6 is 0 Å². The minimum absolute atomic E-state index is 0.0234. The van der Waals surface area contributed by atoms with E-state index in [0.717, 1.165) is 38.8 Å². The number of carbonyl (C=O) groups is 2. The quantitative estimate of drug-likeness (QED) is 0.719. The number of amides is 2. The molecule has 1 fully saturated rings. The van der Waals surface area contributed by atoms with E-state index in [9.17, 15) is 9.59 Å². The van der Waals surface area contributed by atoms with Gasteiger partial charge >= 0.3 is 0 Å². The number of benzene rings is 2. The molecule has 0 aliphatic carbocycles. The maximum absolute atomic E-state index is 13.0. The molecule has 0 unspecified atom stereocenters. The highest BCUT2D eigenvalue weighted by atomic mass is 16.5. The van der Waals surface area contributed by atoms with Crippen molar-refractivity contribution >= 4 is 17.5 Å². The van der Waals surface area contributed by atoms with Gasteiger partial charge in [-0.1, -0.05) is 25.0 Å². The van der Waals surface area contributed by atoms with Crippen LogP contribution in [0.2, 0.25) is 0 Å². The summed E-state index contributed by atoms with van der Waals surface area (Å²) in [6, 6.07) is 14.1. The van der Waals surface area contributed by atoms with Crippen LogP contribution in [0.25, 0.3) is 0 Å². The molecule has 1 aliphatic heterocycles. The summed E-state index contributed by atoms with van der Waals surface area (Å²) in [5.74, 6) is 0.393. The van der Waals surface area contributed by atoms with Crippen molar-refractivity contribution in [3.63, 3.8) is 0 Å². The Morgan fingerprint density at radius 2 is 1.62 bits per heavy atom. The lowest BCUT2D eigenvalue weighted by Gasteiger charge is -2.22. The molecule has 0 bridgehead atoms. The maximum atomic E-state index is 13.0. The van der Waals surface area contributed by atoms with E-state index in [1.54, 1.807) is 43.5 Å². The molecule has 0 atom stereocenters. The van der Waals surface area contributed by atoms with E-state index in [1.165, 1.54) is 0 Å². The van der Waals surface area contributed by atoms with Crippen LogP contribution in [-0.4, -0.2) is 50.1 Å². The Kier molecular flexibility index (Phi) is 7.64. The van der Waals surface area contributed by atoms with E-state index in [-0.39, 0.29) is 11.8 Å². The van der Waals surface area contributed by atoms with E-state index in [2.05, 4.69) is 5.32 Å². The molecule has 6 nitrogen and oxygen atoms in total. The minimum atomic E-state index is -0.260. The van der Waals surface area contributed by atoms with Gasteiger partial charge in [-0.2, -0.15) is 0 Å². The molecule has 0 saturated carbocycles. The third-order valence-electron chi connectivity index (χ3n) is 4.97. The van der Waals surface area contributed by atoms with Crippen molar-refractivity contribution in [1.29, 1.82) is 0 Å². The van der Waals surface area contributed by atoms with Gasteiger partial charge in [-0.3, -0.25) is 9.59 Å². The molecule has 2 aromatic rings. The SMILES string of the molecule is COCCOc1ccc(C(=O)Nc2ccccc2C(=O)N2CCCCCC2)cc1. The zero-order valence-electron chi connectivity index (χ0n) is 16.9. The summed E-state index contributed by atoms with van der Waals surface area (Å²) in [6.07, 6.45) is 4.37. The zero-order chi connectivity index (χ0) is 20.5. The normalized spacial score (nSPS) is 14.2. The molecule has 1 N–H and O–H groups in total. The lowest BCUT2D eigenvalue weighted by Crippen LogP contribution is -2.32. The van der Waals surface area contributed by atoms with Gasteiger partial charge in [-0.25, -0.2) is 0 Å². The standard InChI is InChI=1S/C23H28N2O4/c1-28-16-17-29-19-12-10-18(11-13-19)22(26)24-21-9-5-4-8-20(21)23(27)25-14-6-2-3-7-15-25/h4-5,8-13H,2-3,6-7,14-17H2,1H3,(H,24,26). The first-order chi connectivity index (χ1) is 14.2. The van der Waals surface area contributed by atoms with Crippen LogP contribution in [-0.2, 0) is 4.74 Å². The number of nitrogens with one attached hydrogen (secondary N) is 1. The number of ether oxygens (including phenoxy) is 2. The van der Waals surface area contributed by atoms with Crippen molar-refractivity contribution in [3.05, 3.63) is 59.7 Å². The highest BCUT2D eigenvalue weighted by Crippen LogP contribution is 2.21. The molecule has 6 heteroatoms. The van der Waals surface area contributed by atoms with E-state index < -0.39 is 0 Å². The van der Waals surface area contributed by atoms with Gasteiger partial charge in [-0.05, 0) is 49.2 Å². The highest BCUT2D eigenvalue weighted by Gasteiger charge is 2.20. The van der Waals surface area contributed by atoms with Gasteiger partial charge in [-0.15, -0.1) is 0 Å². The van der Waals surface area contributed by atoms with Crippen molar-refractivity contribution in [3.8, 4) is 5.75 Å². The van der Waals surface area contributed by atoms with Gasteiger partial charge in [0.15, 0.2) is 0 Å². The largest absolute Gasteiger partial charge is 0.491 e. The second kappa shape index (κ2) is 10.6. The van der Waals surface area contributed by atoms with Gasteiger partial charge in [0.25, 0.3) is 11.8 Å². The number of para-hydroxylation sites is 1. The predicted octanol–water partition coefficient (Wildman–Crippen LogP) is 3.98. The van der Waals surface area contributed by atoms with Gasteiger partial charge in [0.1, 0.15) is 12.4 Å². The zero-order valence-corrected chi connectivity index (χ0v) is 16.9. The average molecular weight is 396 g/mol. The minimum Gasteiger partial charge on any atom is -0.491 e. The van der Waals surface area contributed by atoms with Gasteiger partial charge < -0.3 is 19.7 Å². The third-order valence-corrected chi connectivity index (χ3v) is 4.97. The average Bonchev–Trinajstić information content (AvgIpc) is 3.04. The fourth-order valence-electron chi connectivity index (χ4n) is 3.36. The van der Waals surface area contributed by atoms with E-state index >= 15 is 0 Å². The summed E-state index contributed by atoms with van der Waals surface area (Å²) < 4.78 is 10.5. The van der Waals surface area contributed by atoms with Crippen molar-refractivity contribution in [2.24, 2.45) is 0 Å². The number of anilines is 1. The maximum Gasteiger partial charge on any atom is 0.255 e. The first kappa shape index (κ1) is 20.9. The number of hydrogen-bond acceptors (Lipinski definition) is 4. The summed E-state index contributed by atoms with van der Waals surface area (Å²) in [5, 5.41) is 2.89. The van der Waals surface area contributed by atoms with Gasteiger partial charge in [0.05, 0.1) is 17.9 Å². The molecule has 0 radical (unpaired) electrons. The molecule has 1 aliphatic rings. The molecular formula is C23H28N2O4. The van der Waals surface area contributed by atoms with Crippen LogP contribution in [0.1, 0.15) is 46.4 Å². The van der Waals surface area contributed by atoms with Crippen molar-refractivity contribution in [2.45, 2.75) is 25.7 Å². The Hall–Kier alpha value is -2.86. The third kappa shape index (κ3) is 5.81. The summed E-state index contributed by atoms with van der Waals surface area (Å²) in [4.78, 5) is 27.6. The lowest BCUT2D eigenvalue weighted by molar-refractivity contribution is 0.0762. The van der Waals surface area contributed by atoms with Gasteiger partial charge in [0, 0.05) is 25.8 Å². The lowest BCUT2D eigenvalue weighted by atomic mass is 10.1. The summed E-state index contributed by atoms with van der Waals surface area (Å²) in [6.45, 7) is 2.50. The predicted molar refractivity (Wildman–Crippen MR) is 113 cm³/mol. The fourth-order valence-corrected chi connectivity index (χ4v) is 3.36.